The number of hydrogen-bond donors (Lipinski definition) is 2. The Balaban J connectivity index is 2.90. The zero-order chi connectivity index (χ0) is 16.8. The van der Waals surface area contributed by atoms with E-state index in [0.717, 1.165) is 25.1 Å². The van der Waals surface area contributed by atoms with E-state index in [2.05, 4.69) is 10.0 Å². The lowest BCUT2D eigenvalue weighted by atomic mass is 10.1. The fraction of sp³-hybridized carbons (Fsp3) is 0.462. The summed E-state index contributed by atoms with van der Waals surface area (Å²) < 4.78 is 64.2. The summed E-state index contributed by atoms with van der Waals surface area (Å²) in [6, 6.07) is 3.54. The molecule has 2 N–H and O–H groups in total. The molecule has 0 atom stereocenters. The Labute approximate surface area is 127 Å². The van der Waals surface area contributed by atoms with Crippen molar-refractivity contribution in [1.82, 2.24) is 10.0 Å². The van der Waals surface area contributed by atoms with Crippen LogP contribution in [0.2, 0.25) is 0 Å². The number of alkyl halides is 3. The average Bonchev–Trinajstić information content (AvgIpc) is 2.45. The summed E-state index contributed by atoms with van der Waals surface area (Å²) in [5.41, 5.74) is -1.88. The van der Waals surface area contributed by atoms with Gasteiger partial charge in [-0.15, -0.1) is 0 Å². The van der Waals surface area contributed by atoms with Crippen LogP contribution < -0.4 is 10.0 Å². The van der Waals surface area contributed by atoms with Crippen molar-refractivity contribution in [3.8, 4) is 6.07 Å². The van der Waals surface area contributed by atoms with Gasteiger partial charge in [-0.1, -0.05) is 6.92 Å². The van der Waals surface area contributed by atoms with Crippen molar-refractivity contribution in [2.45, 2.75) is 24.4 Å². The molecule has 0 bridgehead atoms. The van der Waals surface area contributed by atoms with Crippen LogP contribution in [-0.4, -0.2) is 28.1 Å². The van der Waals surface area contributed by atoms with Gasteiger partial charge < -0.3 is 5.32 Å². The average molecular weight is 335 g/mol. The first kappa shape index (κ1) is 18.4. The van der Waals surface area contributed by atoms with Gasteiger partial charge in [0.2, 0.25) is 10.0 Å². The number of benzene rings is 1. The third-order valence-electron chi connectivity index (χ3n) is 2.75. The van der Waals surface area contributed by atoms with Gasteiger partial charge in [0, 0.05) is 13.1 Å². The van der Waals surface area contributed by atoms with E-state index in [1.807, 2.05) is 6.92 Å². The minimum atomic E-state index is -4.70. The summed E-state index contributed by atoms with van der Waals surface area (Å²) in [4.78, 5) is -0.368. The normalized spacial score (nSPS) is 12.1. The Hall–Kier alpha value is -1.63. The number of halogens is 3. The topological polar surface area (TPSA) is 82.0 Å². The van der Waals surface area contributed by atoms with Gasteiger partial charge in [-0.3, -0.25) is 0 Å². The SMILES string of the molecule is CCCNCCNS(=O)(=O)c1ccc(C(F)(F)F)c(C#N)c1. The quantitative estimate of drug-likeness (QED) is 0.745. The largest absolute Gasteiger partial charge is 0.417 e. The zero-order valence-corrected chi connectivity index (χ0v) is 12.7. The molecule has 0 aromatic heterocycles. The van der Waals surface area contributed by atoms with Crippen LogP contribution in [0, 0.1) is 11.3 Å². The lowest BCUT2D eigenvalue weighted by Crippen LogP contribution is -2.32. The smallest absolute Gasteiger partial charge is 0.315 e. The van der Waals surface area contributed by atoms with E-state index in [4.69, 9.17) is 5.26 Å². The molecule has 0 saturated carbocycles. The third kappa shape index (κ3) is 4.98. The maximum Gasteiger partial charge on any atom is 0.417 e. The number of nitriles is 1. The Bertz CT molecular complexity index is 651. The van der Waals surface area contributed by atoms with E-state index >= 15 is 0 Å². The molecule has 1 rings (SSSR count). The Morgan fingerprint density at radius 1 is 1.23 bits per heavy atom. The monoisotopic (exact) mass is 335 g/mol. The van der Waals surface area contributed by atoms with E-state index in [9.17, 15) is 21.6 Å². The summed E-state index contributed by atoms with van der Waals surface area (Å²) in [7, 11) is -3.95. The Morgan fingerprint density at radius 3 is 2.45 bits per heavy atom. The summed E-state index contributed by atoms with van der Waals surface area (Å²) in [6.07, 6.45) is -3.80. The summed E-state index contributed by atoms with van der Waals surface area (Å²) in [6.45, 7) is 3.20. The van der Waals surface area contributed by atoms with Crippen molar-refractivity contribution in [3.05, 3.63) is 29.3 Å². The van der Waals surface area contributed by atoms with Gasteiger partial charge in [0.25, 0.3) is 0 Å². The minimum absolute atomic E-state index is 0.102. The minimum Gasteiger partial charge on any atom is -0.315 e. The van der Waals surface area contributed by atoms with Gasteiger partial charge in [-0.25, -0.2) is 13.1 Å². The van der Waals surface area contributed by atoms with Gasteiger partial charge in [-0.2, -0.15) is 18.4 Å². The molecule has 122 valence electrons. The van der Waals surface area contributed by atoms with Crippen LogP contribution in [0.3, 0.4) is 0 Å². The van der Waals surface area contributed by atoms with Gasteiger partial charge >= 0.3 is 6.18 Å². The van der Waals surface area contributed by atoms with E-state index in [1.165, 1.54) is 6.07 Å². The Kier molecular flexibility index (Phi) is 6.34. The van der Waals surface area contributed by atoms with Crippen LogP contribution in [0.25, 0.3) is 0 Å². The molecule has 0 aliphatic heterocycles. The number of rotatable bonds is 7. The van der Waals surface area contributed by atoms with Crippen LogP contribution in [-0.2, 0) is 16.2 Å². The fourth-order valence-corrected chi connectivity index (χ4v) is 2.75. The molecule has 22 heavy (non-hydrogen) atoms. The molecule has 0 amide bonds. The number of hydrogen-bond acceptors (Lipinski definition) is 4. The molecule has 0 fully saturated rings. The molecule has 0 unspecified atom stereocenters. The molecule has 0 spiro atoms. The second-order valence-electron chi connectivity index (χ2n) is 4.46. The molecule has 1 aromatic rings. The van der Waals surface area contributed by atoms with Gasteiger partial charge in [0.15, 0.2) is 0 Å². The van der Waals surface area contributed by atoms with Crippen molar-refractivity contribution in [2.24, 2.45) is 0 Å². The molecule has 0 aliphatic rings. The molecule has 5 nitrogen and oxygen atoms in total. The van der Waals surface area contributed by atoms with E-state index in [0.29, 0.717) is 12.6 Å². The van der Waals surface area contributed by atoms with Crippen LogP contribution >= 0.6 is 0 Å². The summed E-state index contributed by atoms with van der Waals surface area (Å²) >= 11 is 0. The number of nitrogens with one attached hydrogen (secondary N) is 2. The summed E-state index contributed by atoms with van der Waals surface area (Å²) in [5.74, 6) is 0. The second-order valence-corrected chi connectivity index (χ2v) is 6.23. The van der Waals surface area contributed by atoms with Crippen LogP contribution in [0.4, 0.5) is 13.2 Å². The van der Waals surface area contributed by atoms with Gasteiger partial charge in [-0.05, 0) is 31.2 Å². The Morgan fingerprint density at radius 2 is 1.91 bits per heavy atom. The van der Waals surface area contributed by atoms with Crippen LogP contribution in [0.15, 0.2) is 23.1 Å². The highest BCUT2D eigenvalue weighted by Crippen LogP contribution is 2.32. The predicted molar refractivity (Wildman–Crippen MR) is 74.5 cm³/mol. The molecule has 0 aliphatic carbocycles. The van der Waals surface area contributed by atoms with Crippen molar-refractivity contribution >= 4 is 10.0 Å². The highest BCUT2D eigenvalue weighted by atomic mass is 32.2. The van der Waals surface area contributed by atoms with Crippen molar-refractivity contribution in [1.29, 1.82) is 5.26 Å². The molecular formula is C13H16F3N3O2S. The molecule has 0 heterocycles. The zero-order valence-electron chi connectivity index (χ0n) is 11.9. The lowest BCUT2D eigenvalue weighted by molar-refractivity contribution is -0.137. The lowest BCUT2D eigenvalue weighted by Gasteiger charge is -2.11. The third-order valence-corrected chi connectivity index (χ3v) is 4.21. The van der Waals surface area contributed by atoms with Gasteiger partial charge in [0.1, 0.15) is 0 Å². The highest BCUT2D eigenvalue weighted by Gasteiger charge is 2.34. The molecule has 9 heteroatoms. The first-order chi connectivity index (χ1) is 10.2. The maximum atomic E-state index is 12.7. The van der Waals surface area contributed by atoms with E-state index in [-0.39, 0.29) is 11.4 Å². The van der Waals surface area contributed by atoms with Gasteiger partial charge in [0.05, 0.1) is 22.1 Å². The first-order valence-electron chi connectivity index (χ1n) is 6.54. The van der Waals surface area contributed by atoms with Crippen molar-refractivity contribution in [3.63, 3.8) is 0 Å². The molecule has 1 aromatic carbocycles. The maximum absolute atomic E-state index is 12.7. The van der Waals surface area contributed by atoms with Crippen molar-refractivity contribution in [2.75, 3.05) is 19.6 Å². The summed E-state index contributed by atoms with van der Waals surface area (Å²) in [5, 5.41) is 11.8. The van der Waals surface area contributed by atoms with Crippen LogP contribution in [0.1, 0.15) is 24.5 Å². The van der Waals surface area contributed by atoms with Crippen molar-refractivity contribution < 1.29 is 21.6 Å². The number of sulfonamides is 1. The van der Waals surface area contributed by atoms with E-state index < -0.39 is 27.3 Å². The predicted octanol–water partition coefficient (Wildman–Crippen LogP) is 1.85. The first-order valence-corrected chi connectivity index (χ1v) is 8.02. The molecule has 0 saturated heterocycles. The highest BCUT2D eigenvalue weighted by molar-refractivity contribution is 7.89. The van der Waals surface area contributed by atoms with Crippen LogP contribution in [0.5, 0.6) is 0 Å². The molecular weight excluding hydrogens is 319 g/mol. The standard InChI is InChI=1S/C13H16F3N3O2S/c1-2-5-18-6-7-19-22(20,21)11-3-4-12(13(14,15)16)10(8-11)9-17/h3-4,8,18-19H,2,5-7H2,1H3. The molecule has 0 radical (unpaired) electrons. The van der Waals surface area contributed by atoms with E-state index in [1.54, 1.807) is 0 Å². The second kappa shape index (κ2) is 7.58. The number of nitrogens with zero attached hydrogens (tertiary/aromatic N) is 1. The fourth-order valence-electron chi connectivity index (χ4n) is 1.69.